The topological polar surface area (TPSA) is 48.1 Å². The van der Waals surface area contributed by atoms with E-state index in [0.717, 1.165) is 12.7 Å². The van der Waals surface area contributed by atoms with E-state index in [1.165, 1.54) is 0 Å². The maximum atomic E-state index is 10.4. The Hall–Kier alpha value is -0.870. The standard InChI is InChI=1S/C7H10O4/c1-2-7(8)11-5-9-3-6-4-10-6/h2,6H,1,3-5H2. The quantitative estimate of drug-likeness (QED) is 0.187. The summed E-state index contributed by atoms with van der Waals surface area (Å²) in [6, 6.07) is 0. The van der Waals surface area contributed by atoms with Gasteiger partial charge in [0.2, 0.25) is 0 Å². The Balaban J connectivity index is 1.86. The van der Waals surface area contributed by atoms with Gasteiger partial charge >= 0.3 is 5.97 Å². The van der Waals surface area contributed by atoms with Crippen molar-refractivity contribution in [3.05, 3.63) is 12.7 Å². The number of esters is 1. The minimum Gasteiger partial charge on any atom is -0.435 e. The minimum absolute atomic E-state index is 0.0231. The summed E-state index contributed by atoms with van der Waals surface area (Å²) in [7, 11) is 0. The Morgan fingerprint density at radius 3 is 3.09 bits per heavy atom. The Bertz CT molecular complexity index is 151. The minimum atomic E-state index is -0.471. The maximum absolute atomic E-state index is 10.4. The fourth-order valence-corrected chi connectivity index (χ4v) is 0.502. The van der Waals surface area contributed by atoms with Crippen LogP contribution in [0.1, 0.15) is 0 Å². The molecule has 1 rings (SSSR count). The van der Waals surface area contributed by atoms with Crippen molar-refractivity contribution in [1.82, 2.24) is 0 Å². The van der Waals surface area contributed by atoms with Gasteiger partial charge in [0.25, 0.3) is 0 Å². The summed E-state index contributed by atoms with van der Waals surface area (Å²) in [5.41, 5.74) is 0. The van der Waals surface area contributed by atoms with E-state index in [1.54, 1.807) is 0 Å². The molecule has 11 heavy (non-hydrogen) atoms. The van der Waals surface area contributed by atoms with Crippen LogP contribution in [0.4, 0.5) is 0 Å². The molecule has 0 aromatic carbocycles. The first kappa shape index (κ1) is 8.23. The summed E-state index contributed by atoms with van der Waals surface area (Å²) in [5.74, 6) is -0.471. The van der Waals surface area contributed by atoms with Crippen LogP contribution in [-0.2, 0) is 19.0 Å². The molecule has 1 heterocycles. The SMILES string of the molecule is C=CC(=O)OCOCC1CO1. The van der Waals surface area contributed by atoms with Crippen LogP contribution in [-0.4, -0.2) is 32.1 Å². The number of carbonyl (C=O) groups is 1. The van der Waals surface area contributed by atoms with Crippen LogP contribution in [0.5, 0.6) is 0 Å². The van der Waals surface area contributed by atoms with E-state index in [2.05, 4.69) is 11.3 Å². The highest BCUT2D eigenvalue weighted by Crippen LogP contribution is 2.07. The predicted molar refractivity (Wildman–Crippen MR) is 36.8 cm³/mol. The van der Waals surface area contributed by atoms with Gasteiger partial charge in [-0.1, -0.05) is 6.58 Å². The van der Waals surface area contributed by atoms with E-state index in [0.29, 0.717) is 6.61 Å². The zero-order valence-electron chi connectivity index (χ0n) is 6.12. The molecule has 0 saturated carbocycles. The van der Waals surface area contributed by atoms with Gasteiger partial charge in [-0.2, -0.15) is 0 Å². The third kappa shape index (κ3) is 3.75. The average Bonchev–Trinajstić information content (AvgIpc) is 2.81. The lowest BCUT2D eigenvalue weighted by Gasteiger charge is -2.00. The van der Waals surface area contributed by atoms with Gasteiger partial charge in [0.15, 0.2) is 6.79 Å². The summed E-state index contributed by atoms with van der Waals surface area (Å²) < 4.78 is 14.3. The van der Waals surface area contributed by atoms with Crippen molar-refractivity contribution in [2.24, 2.45) is 0 Å². The Morgan fingerprint density at radius 2 is 2.55 bits per heavy atom. The lowest BCUT2D eigenvalue weighted by molar-refractivity contribution is -0.150. The first-order valence-electron chi connectivity index (χ1n) is 3.31. The fraction of sp³-hybridized carbons (Fsp3) is 0.571. The molecule has 0 N–H and O–H groups in total. The van der Waals surface area contributed by atoms with Crippen molar-refractivity contribution in [3.63, 3.8) is 0 Å². The molecule has 0 aromatic heterocycles. The van der Waals surface area contributed by atoms with E-state index in [4.69, 9.17) is 9.47 Å². The third-order valence-corrected chi connectivity index (χ3v) is 1.16. The number of epoxide rings is 1. The summed E-state index contributed by atoms with van der Waals surface area (Å²) >= 11 is 0. The molecule has 0 bridgehead atoms. The predicted octanol–water partition coefficient (Wildman–Crippen LogP) is 0.0885. The van der Waals surface area contributed by atoms with E-state index < -0.39 is 5.97 Å². The number of hydrogen-bond acceptors (Lipinski definition) is 4. The van der Waals surface area contributed by atoms with Crippen LogP contribution in [0, 0.1) is 0 Å². The zero-order valence-corrected chi connectivity index (χ0v) is 6.12. The smallest absolute Gasteiger partial charge is 0.332 e. The highest BCUT2D eigenvalue weighted by Gasteiger charge is 2.22. The molecule has 0 radical (unpaired) electrons. The highest BCUT2D eigenvalue weighted by molar-refractivity contribution is 5.81. The van der Waals surface area contributed by atoms with Gasteiger partial charge in [0.05, 0.1) is 13.2 Å². The molecular weight excluding hydrogens is 148 g/mol. The van der Waals surface area contributed by atoms with Gasteiger partial charge in [-0.05, 0) is 0 Å². The van der Waals surface area contributed by atoms with Crippen molar-refractivity contribution >= 4 is 5.97 Å². The number of rotatable bonds is 5. The van der Waals surface area contributed by atoms with Gasteiger partial charge in [0.1, 0.15) is 6.10 Å². The van der Waals surface area contributed by atoms with Gasteiger partial charge in [-0.3, -0.25) is 0 Å². The molecule has 0 spiro atoms. The molecule has 1 aliphatic rings. The van der Waals surface area contributed by atoms with Gasteiger partial charge in [-0.25, -0.2) is 4.79 Å². The van der Waals surface area contributed by atoms with E-state index in [-0.39, 0.29) is 12.9 Å². The van der Waals surface area contributed by atoms with Crippen molar-refractivity contribution in [1.29, 1.82) is 0 Å². The number of ether oxygens (including phenoxy) is 3. The van der Waals surface area contributed by atoms with Crippen LogP contribution in [0.2, 0.25) is 0 Å². The highest BCUT2D eigenvalue weighted by atomic mass is 16.7. The second kappa shape index (κ2) is 4.10. The lowest BCUT2D eigenvalue weighted by Crippen LogP contribution is -2.08. The molecule has 4 nitrogen and oxygen atoms in total. The Kier molecular flexibility index (Phi) is 3.07. The molecule has 1 unspecified atom stereocenters. The largest absolute Gasteiger partial charge is 0.435 e. The van der Waals surface area contributed by atoms with Crippen LogP contribution in [0.25, 0.3) is 0 Å². The monoisotopic (exact) mass is 158 g/mol. The van der Waals surface area contributed by atoms with Crippen molar-refractivity contribution in [2.45, 2.75) is 6.10 Å². The number of carbonyl (C=O) groups excluding carboxylic acids is 1. The van der Waals surface area contributed by atoms with Crippen LogP contribution in [0.3, 0.4) is 0 Å². The molecule has 62 valence electrons. The summed E-state index contributed by atoms with van der Waals surface area (Å²) in [6.45, 7) is 4.44. The zero-order chi connectivity index (χ0) is 8.10. The molecule has 4 heteroatoms. The normalized spacial score (nSPS) is 20.9. The fourth-order valence-electron chi connectivity index (χ4n) is 0.502. The van der Waals surface area contributed by atoms with Crippen LogP contribution in [0.15, 0.2) is 12.7 Å². The molecule has 1 aliphatic heterocycles. The van der Waals surface area contributed by atoms with Gasteiger partial charge in [-0.15, -0.1) is 0 Å². The van der Waals surface area contributed by atoms with E-state index in [9.17, 15) is 4.79 Å². The molecule has 0 aromatic rings. The van der Waals surface area contributed by atoms with Crippen molar-refractivity contribution < 1.29 is 19.0 Å². The number of hydrogen-bond donors (Lipinski definition) is 0. The lowest BCUT2D eigenvalue weighted by atomic mass is 10.5. The van der Waals surface area contributed by atoms with Crippen LogP contribution < -0.4 is 0 Å². The Morgan fingerprint density at radius 1 is 1.82 bits per heavy atom. The summed E-state index contributed by atoms with van der Waals surface area (Å²) in [5, 5.41) is 0. The van der Waals surface area contributed by atoms with Crippen molar-refractivity contribution in [2.75, 3.05) is 20.0 Å². The summed E-state index contributed by atoms with van der Waals surface area (Å²) in [6.07, 6.45) is 1.30. The maximum Gasteiger partial charge on any atom is 0.332 e. The molecular formula is C7H10O4. The first-order chi connectivity index (χ1) is 5.33. The average molecular weight is 158 g/mol. The molecule has 0 amide bonds. The van der Waals surface area contributed by atoms with E-state index >= 15 is 0 Å². The van der Waals surface area contributed by atoms with Gasteiger partial charge < -0.3 is 14.2 Å². The third-order valence-electron chi connectivity index (χ3n) is 1.16. The summed E-state index contributed by atoms with van der Waals surface area (Å²) in [4.78, 5) is 10.4. The second-order valence-corrected chi connectivity index (χ2v) is 2.11. The first-order valence-corrected chi connectivity index (χ1v) is 3.31. The molecule has 1 saturated heterocycles. The van der Waals surface area contributed by atoms with E-state index in [1.807, 2.05) is 0 Å². The Labute approximate surface area is 64.7 Å². The van der Waals surface area contributed by atoms with Crippen LogP contribution >= 0.6 is 0 Å². The van der Waals surface area contributed by atoms with Gasteiger partial charge in [0, 0.05) is 6.08 Å². The molecule has 0 aliphatic carbocycles. The molecule has 1 atom stereocenters. The van der Waals surface area contributed by atoms with Crippen molar-refractivity contribution in [3.8, 4) is 0 Å². The molecule has 1 fully saturated rings. The second-order valence-electron chi connectivity index (χ2n) is 2.11.